The van der Waals surface area contributed by atoms with Crippen LogP contribution < -0.4 is 5.32 Å². The lowest BCUT2D eigenvalue weighted by Crippen LogP contribution is -2.37. The Morgan fingerprint density at radius 1 is 0.582 bits per heavy atom. The van der Waals surface area contributed by atoms with Crippen molar-refractivity contribution in [2.45, 2.75) is 57.8 Å². The van der Waals surface area contributed by atoms with Crippen LogP contribution in [0.25, 0.3) is 11.1 Å². The maximum absolute atomic E-state index is 12.8. The number of carbonyl (C=O) groups is 1. The Hall–Kier alpha value is -4.04. The van der Waals surface area contributed by atoms with Gasteiger partial charge in [0.25, 0.3) is 0 Å². The Labute approximate surface area is 342 Å². The summed E-state index contributed by atoms with van der Waals surface area (Å²) in [5, 5.41) is 6.36. The van der Waals surface area contributed by atoms with Gasteiger partial charge < -0.3 is 10.2 Å². The Kier molecular flexibility index (Phi) is 11.7. The van der Waals surface area contributed by atoms with Gasteiger partial charge in [0.15, 0.2) is 0 Å². The molecule has 3 aromatic heterocycles. The monoisotopic (exact) mass is 807 g/mol. The number of carbonyl (C=O) groups excluding carboxylic acids is 1. The molecule has 9 rings (SSSR count). The minimum absolute atomic E-state index is 0.165. The number of likely N-dealkylation sites (tertiary alicyclic amines) is 1. The number of halogens is 4. The number of nitrogens with zero attached hydrogens (tertiary/aromatic N) is 4. The first-order valence-electron chi connectivity index (χ1n) is 19.0. The summed E-state index contributed by atoms with van der Waals surface area (Å²) < 4.78 is 0. The van der Waals surface area contributed by atoms with Crippen LogP contribution in [0.5, 0.6) is 0 Å². The maximum atomic E-state index is 12.8. The van der Waals surface area contributed by atoms with E-state index in [-0.39, 0.29) is 5.91 Å². The zero-order valence-electron chi connectivity index (χ0n) is 30.5. The average Bonchev–Trinajstić information content (AvgIpc) is 3.46. The molecule has 0 bridgehead atoms. The molecule has 1 N–H and O–H groups in total. The largest absolute Gasteiger partial charge is 0.342 e. The molecule has 6 nitrogen and oxygen atoms in total. The lowest BCUT2D eigenvalue weighted by atomic mass is 9.88. The first-order valence-corrected chi connectivity index (χ1v) is 20.5. The molecule has 55 heavy (non-hydrogen) atoms. The molecule has 0 radical (unpaired) electrons. The van der Waals surface area contributed by atoms with Crippen molar-refractivity contribution in [3.63, 3.8) is 0 Å². The lowest BCUT2D eigenvalue weighted by molar-refractivity contribution is -0.130. The second kappa shape index (κ2) is 17.0. The van der Waals surface area contributed by atoms with Crippen molar-refractivity contribution in [2.24, 2.45) is 0 Å². The number of fused-ring (bicyclic) bond motifs is 4. The van der Waals surface area contributed by atoms with Crippen LogP contribution in [-0.4, -0.2) is 51.9 Å². The summed E-state index contributed by atoms with van der Waals surface area (Å²) in [6, 6.07) is 20.3. The Morgan fingerprint density at radius 3 is 1.58 bits per heavy atom. The van der Waals surface area contributed by atoms with Gasteiger partial charge in [-0.05, 0) is 152 Å². The van der Waals surface area contributed by atoms with Crippen molar-refractivity contribution in [1.29, 1.82) is 0 Å². The number of amides is 1. The van der Waals surface area contributed by atoms with E-state index >= 15 is 0 Å². The fourth-order valence-corrected chi connectivity index (χ4v) is 9.12. The van der Waals surface area contributed by atoms with Crippen molar-refractivity contribution >= 4 is 63.5 Å². The van der Waals surface area contributed by atoms with Gasteiger partial charge in [-0.3, -0.25) is 19.7 Å². The van der Waals surface area contributed by atoms with Gasteiger partial charge in [-0.25, -0.2) is 0 Å². The van der Waals surface area contributed by atoms with E-state index in [9.17, 15) is 4.79 Å². The van der Waals surface area contributed by atoms with Gasteiger partial charge in [0.1, 0.15) is 0 Å². The number of piperidine rings is 2. The van der Waals surface area contributed by atoms with Crippen LogP contribution in [0.4, 0.5) is 0 Å². The molecule has 2 aliphatic heterocycles. The summed E-state index contributed by atoms with van der Waals surface area (Å²) in [6.07, 6.45) is 14.9. The molecule has 2 aromatic carbocycles. The van der Waals surface area contributed by atoms with Gasteiger partial charge in [-0.1, -0.05) is 69.7 Å². The second-order valence-electron chi connectivity index (χ2n) is 14.5. The Bertz CT molecular complexity index is 2190. The molecule has 0 spiro atoms. The zero-order valence-corrected chi connectivity index (χ0v) is 33.5. The van der Waals surface area contributed by atoms with Crippen molar-refractivity contribution in [1.82, 2.24) is 25.2 Å². The van der Waals surface area contributed by atoms with Crippen molar-refractivity contribution in [3.05, 3.63) is 167 Å². The van der Waals surface area contributed by atoms with Crippen LogP contribution in [0.15, 0.2) is 96.6 Å². The third-order valence-corrected chi connectivity index (χ3v) is 12.0. The van der Waals surface area contributed by atoms with Crippen molar-refractivity contribution in [3.8, 4) is 0 Å². The highest BCUT2D eigenvalue weighted by Gasteiger charge is 2.27. The standard InChI is InChI=1S/C26H23Cl2N3O.C19H18Cl2N2/c27-21-3-4-23-19(14-21)1-2-20-15-22(28)16-30-26(20)25(23)18-7-11-31(12-8-18)24(32)13-17-5-9-29-10-6-17;20-15-3-4-17-13(9-15)1-2-14-10-16(21)11-23-19(14)18(17)12-5-7-22-8-6-12/h3-6,9-10,14-16H,1-2,7-8,11-13H2;3-4,9-11,22H,1-2,5-8H2. The fraction of sp³-hybridized carbons (Fsp3) is 0.289. The third kappa shape index (κ3) is 8.55. The minimum atomic E-state index is 0.165. The summed E-state index contributed by atoms with van der Waals surface area (Å²) in [7, 11) is 0. The van der Waals surface area contributed by atoms with Gasteiger partial charge in [0.05, 0.1) is 27.9 Å². The Morgan fingerprint density at radius 2 is 1.05 bits per heavy atom. The first-order chi connectivity index (χ1) is 26.8. The second-order valence-corrected chi connectivity index (χ2v) is 16.3. The number of nitrogens with one attached hydrogen (secondary N) is 1. The summed E-state index contributed by atoms with van der Waals surface area (Å²) in [6.45, 7) is 3.50. The van der Waals surface area contributed by atoms with E-state index in [2.05, 4.69) is 40.6 Å². The van der Waals surface area contributed by atoms with E-state index in [1.807, 2.05) is 35.2 Å². The van der Waals surface area contributed by atoms with Gasteiger partial charge in [0, 0.05) is 59.1 Å². The minimum Gasteiger partial charge on any atom is -0.342 e. The predicted octanol–water partition coefficient (Wildman–Crippen LogP) is 10.2. The van der Waals surface area contributed by atoms with Gasteiger partial charge in [-0.15, -0.1) is 0 Å². The highest BCUT2D eigenvalue weighted by molar-refractivity contribution is 6.31. The van der Waals surface area contributed by atoms with Crippen LogP contribution in [0.1, 0.15) is 76.0 Å². The normalized spacial score (nSPS) is 16.5. The highest BCUT2D eigenvalue weighted by atomic mass is 35.5. The van der Waals surface area contributed by atoms with E-state index in [0.717, 1.165) is 91.5 Å². The molecule has 1 amide bonds. The molecule has 5 aromatic rings. The molecule has 0 saturated carbocycles. The molecule has 10 heteroatoms. The van der Waals surface area contributed by atoms with Crippen molar-refractivity contribution < 1.29 is 4.79 Å². The number of aryl methyl sites for hydroxylation is 4. The van der Waals surface area contributed by atoms with Crippen LogP contribution in [0, 0.1) is 0 Å². The van der Waals surface area contributed by atoms with Crippen LogP contribution in [0.2, 0.25) is 20.1 Å². The molecule has 280 valence electrons. The van der Waals surface area contributed by atoms with Crippen LogP contribution in [0.3, 0.4) is 0 Å². The quantitative estimate of drug-likeness (QED) is 0.192. The topological polar surface area (TPSA) is 71.0 Å². The molecule has 0 atom stereocenters. The number of benzene rings is 2. The van der Waals surface area contributed by atoms with Gasteiger partial charge >= 0.3 is 0 Å². The van der Waals surface area contributed by atoms with E-state index < -0.39 is 0 Å². The molecule has 5 heterocycles. The average molecular weight is 810 g/mol. The maximum Gasteiger partial charge on any atom is 0.227 e. The molecule has 0 unspecified atom stereocenters. The van der Waals surface area contributed by atoms with E-state index in [4.69, 9.17) is 56.4 Å². The van der Waals surface area contributed by atoms with E-state index in [1.54, 1.807) is 24.8 Å². The molecule has 2 saturated heterocycles. The lowest BCUT2D eigenvalue weighted by Gasteiger charge is -2.30. The third-order valence-electron chi connectivity index (χ3n) is 11.1. The van der Waals surface area contributed by atoms with Crippen LogP contribution in [-0.2, 0) is 36.9 Å². The Balaban J connectivity index is 0.000000164. The SMILES string of the molecule is Clc1ccc2c(c1)CCc1cc(Cl)cnc1C2=C1CCNCC1.O=C(Cc1ccncc1)N1CCC(=C2c3ccc(Cl)cc3CCc3cc(Cl)cnc32)CC1. The van der Waals surface area contributed by atoms with Gasteiger partial charge in [0.2, 0.25) is 5.91 Å². The van der Waals surface area contributed by atoms with Gasteiger partial charge in [-0.2, -0.15) is 0 Å². The molecule has 4 aliphatic rings. The summed E-state index contributed by atoms with van der Waals surface area (Å²) in [5.74, 6) is 0.165. The molecule has 2 aliphatic carbocycles. The predicted molar refractivity (Wildman–Crippen MR) is 224 cm³/mol. The van der Waals surface area contributed by atoms with E-state index in [1.165, 1.54) is 55.7 Å². The molecular formula is C45H41Cl4N5O. The number of aromatic nitrogens is 3. The summed E-state index contributed by atoms with van der Waals surface area (Å²) in [4.78, 5) is 28.3. The highest BCUT2D eigenvalue weighted by Crippen LogP contribution is 2.40. The molecule has 2 fully saturated rings. The number of rotatable bonds is 2. The smallest absolute Gasteiger partial charge is 0.227 e. The first kappa shape index (κ1) is 37.9. The number of pyridine rings is 3. The zero-order chi connectivity index (χ0) is 37.9. The van der Waals surface area contributed by atoms with Crippen molar-refractivity contribution in [2.75, 3.05) is 26.2 Å². The number of hydrogen-bond donors (Lipinski definition) is 1. The van der Waals surface area contributed by atoms with E-state index in [0.29, 0.717) is 29.6 Å². The summed E-state index contributed by atoms with van der Waals surface area (Å²) in [5.41, 5.74) is 15.9. The van der Waals surface area contributed by atoms with Crippen LogP contribution >= 0.6 is 46.4 Å². The molecular weight excluding hydrogens is 768 g/mol. The fourth-order valence-electron chi connectivity index (χ4n) is 8.37. The number of hydrogen-bond acceptors (Lipinski definition) is 5. The summed E-state index contributed by atoms with van der Waals surface area (Å²) >= 11 is 25.0.